The van der Waals surface area contributed by atoms with Crippen LogP contribution in [0.4, 0.5) is 0 Å². The molecule has 0 aliphatic heterocycles. The lowest BCUT2D eigenvalue weighted by Gasteiger charge is -2.27. The molecule has 0 aromatic heterocycles. The van der Waals surface area contributed by atoms with Gasteiger partial charge in [-0.3, -0.25) is 0 Å². The number of nitrogens with zero attached hydrogens (tertiary/aromatic N) is 1. The SMILES string of the molecule is C=C[Si](CCC#N)(CCCC)CCCC. The summed E-state index contributed by atoms with van der Waals surface area (Å²) in [6.07, 6.45) is 5.88. The standard InChI is InChI=1S/C13H25NSi/c1-4-7-11-15(6-3,12-8-5-2)13-9-10-14/h6H,3-5,7-9,11-13H2,1-2H3. The maximum atomic E-state index is 8.71. The highest BCUT2D eigenvalue weighted by atomic mass is 28.3. The van der Waals surface area contributed by atoms with Crippen molar-refractivity contribution in [1.29, 1.82) is 5.26 Å². The van der Waals surface area contributed by atoms with Gasteiger partial charge in [0, 0.05) is 6.42 Å². The fourth-order valence-electron chi connectivity index (χ4n) is 2.04. The Morgan fingerprint density at radius 3 is 2.00 bits per heavy atom. The molecule has 2 heteroatoms. The molecule has 0 unspecified atom stereocenters. The molecule has 0 bridgehead atoms. The number of hydrogen-bond acceptors (Lipinski definition) is 1. The Morgan fingerprint density at radius 2 is 1.67 bits per heavy atom. The zero-order valence-electron chi connectivity index (χ0n) is 10.4. The molecule has 0 atom stereocenters. The van der Waals surface area contributed by atoms with Crippen molar-refractivity contribution in [3.63, 3.8) is 0 Å². The van der Waals surface area contributed by atoms with Crippen molar-refractivity contribution < 1.29 is 0 Å². The summed E-state index contributed by atoms with van der Waals surface area (Å²) in [5.41, 5.74) is 2.25. The average Bonchev–Trinajstić information content (AvgIpc) is 2.29. The largest absolute Gasteiger partial charge is 0.198 e. The van der Waals surface area contributed by atoms with E-state index in [0.29, 0.717) is 0 Å². The Bertz CT molecular complexity index is 197. The van der Waals surface area contributed by atoms with Crippen LogP contribution in [0.5, 0.6) is 0 Å². The van der Waals surface area contributed by atoms with Crippen molar-refractivity contribution in [2.24, 2.45) is 0 Å². The Balaban J connectivity index is 4.30. The maximum absolute atomic E-state index is 8.71. The maximum Gasteiger partial charge on any atom is 0.0780 e. The van der Waals surface area contributed by atoms with Gasteiger partial charge in [-0.15, -0.1) is 12.3 Å². The summed E-state index contributed by atoms with van der Waals surface area (Å²) >= 11 is 0. The normalized spacial score (nSPS) is 11.0. The summed E-state index contributed by atoms with van der Waals surface area (Å²) in [6, 6.07) is 6.11. The molecule has 0 aromatic carbocycles. The highest BCUT2D eigenvalue weighted by Gasteiger charge is 2.27. The summed E-state index contributed by atoms with van der Waals surface area (Å²) in [6.45, 7) is 8.53. The minimum Gasteiger partial charge on any atom is -0.198 e. The van der Waals surface area contributed by atoms with Gasteiger partial charge in [0.1, 0.15) is 0 Å². The second-order valence-electron chi connectivity index (χ2n) is 4.43. The molecule has 0 aromatic rings. The minimum absolute atomic E-state index is 0.728. The summed E-state index contributed by atoms with van der Waals surface area (Å²) in [7, 11) is -1.29. The Labute approximate surface area is 96.2 Å². The van der Waals surface area contributed by atoms with Gasteiger partial charge >= 0.3 is 0 Å². The van der Waals surface area contributed by atoms with E-state index >= 15 is 0 Å². The van der Waals surface area contributed by atoms with Gasteiger partial charge in [0.2, 0.25) is 0 Å². The molecule has 0 N–H and O–H groups in total. The molecular formula is C13H25NSi. The first-order chi connectivity index (χ1) is 7.24. The number of rotatable bonds is 9. The molecule has 0 spiro atoms. The minimum atomic E-state index is -1.29. The van der Waals surface area contributed by atoms with Crippen molar-refractivity contribution in [2.45, 2.75) is 64.1 Å². The van der Waals surface area contributed by atoms with E-state index in [1.807, 2.05) is 0 Å². The zero-order chi connectivity index (χ0) is 11.6. The molecule has 86 valence electrons. The van der Waals surface area contributed by atoms with Gasteiger partial charge in [0.25, 0.3) is 0 Å². The van der Waals surface area contributed by atoms with Gasteiger partial charge in [-0.2, -0.15) is 5.26 Å². The van der Waals surface area contributed by atoms with Crippen molar-refractivity contribution in [3.05, 3.63) is 12.3 Å². The number of hydrogen-bond donors (Lipinski definition) is 0. The summed E-state index contributed by atoms with van der Waals surface area (Å²) < 4.78 is 0. The van der Waals surface area contributed by atoms with Crippen molar-refractivity contribution in [1.82, 2.24) is 0 Å². The Morgan fingerprint density at radius 1 is 1.13 bits per heavy atom. The average molecular weight is 223 g/mol. The highest BCUT2D eigenvalue weighted by Crippen LogP contribution is 2.28. The third-order valence-corrected chi connectivity index (χ3v) is 8.03. The topological polar surface area (TPSA) is 23.8 Å². The van der Waals surface area contributed by atoms with E-state index in [-0.39, 0.29) is 0 Å². The van der Waals surface area contributed by atoms with E-state index in [9.17, 15) is 0 Å². The first kappa shape index (κ1) is 14.4. The summed E-state index contributed by atoms with van der Waals surface area (Å²) in [4.78, 5) is 0. The van der Waals surface area contributed by atoms with Crippen LogP contribution in [0, 0.1) is 11.3 Å². The van der Waals surface area contributed by atoms with Crippen molar-refractivity contribution in [3.8, 4) is 6.07 Å². The summed E-state index contributed by atoms with van der Waals surface area (Å²) in [5, 5.41) is 8.71. The fourth-order valence-corrected chi connectivity index (χ4v) is 6.13. The Kier molecular flexibility index (Phi) is 8.41. The third kappa shape index (κ3) is 5.79. The molecule has 0 saturated carbocycles. The van der Waals surface area contributed by atoms with Crippen LogP contribution in [0.2, 0.25) is 18.1 Å². The monoisotopic (exact) mass is 223 g/mol. The number of nitriles is 1. The van der Waals surface area contributed by atoms with Gasteiger partial charge in [0.15, 0.2) is 0 Å². The van der Waals surface area contributed by atoms with E-state index in [2.05, 4.69) is 32.2 Å². The quantitative estimate of drug-likeness (QED) is 0.521. The van der Waals surface area contributed by atoms with Crippen molar-refractivity contribution in [2.75, 3.05) is 0 Å². The van der Waals surface area contributed by atoms with E-state index in [4.69, 9.17) is 5.26 Å². The third-order valence-electron chi connectivity index (χ3n) is 3.22. The van der Waals surface area contributed by atoms with Crippen LogP contribution in [0.15, 0.2) is 12.3 Å². The second kappa shape index (κ2) is 8.73. The van der Waals surface area contributed by atoms with Gasteiger partial charge in [-0.25, -0.2) is 0 Å². The van der Waals surface area contributed by atoms with Crippen LogP contribution >= 0.6 is 0 Å². The van der Waals surface area contributed by atoms with Crippen LogP contribution in [-0.2, 0) is 0 Å². The molecule has 0 saturated heterocycles. The van der Waals surface area contributed by atoms with Crippen LogP contribution in [0.1, 0.15) is 46.0 Å². The molecule has 0 aliphatic rings. The smallest absolute Gasteiger partial charge is 0.0780 e. The van der Waals surface area contributed by atoms with Crippen LogP contribution in [0.25, 0.3) is 0 Å². The first-order valence-corrected chi connectivity index (χ1v) is 8.95. The number of unbranched alkanes of at least 4 members (excludes halogenated alkanes) is 2. The summed E-state index contributed by atoms with van der Waals surface area (Å²) in [5.74, 6) is 0. The van der Waals surface area contributed by atoms with Gasteiger partial charge in [-0.05, 0) is 6.04 Å². The molecule has 0 fully saturated rings. The molecule has 0 radical (unpaired) electrons. The van der Waals surface area contributed by atoms with Gasteiger partial charge in [0.05, 0.1) is 14.1 Å². The molecule has 15 heavy (non-hydrogen) atoms. The van der Waals surface area contributed by atoms with E-state index in [0.717, 1.165) is 12.5 Å². The molecule has 1 nitrogen and oxygen atoms in total. The predicted octanol–water partition coefficient (Wildman–Crippen LogP) is 4.67. The molecule has 0 amide bonds. The molecule has 0 rings (SSSR count). The highest BCUT2D eigenvalue weighted by molar-refractivity contribution is 6.84. The fraction of sp³-hybridized carbons (Fsp3) is 0.769. The molecular weight excluding hydrogens is 198 g/mol. The van der Waals surface area contributed by atoms with Crippen molar-refractivity contribution >= 4 is 8.07 Å². The van der Waals surface area contributed by atoms with E-state index < -0.39 is 8.07 Å². The lowest BCUT2D eigenvalue weighted by molar-refractivity contribution is 0.824. The molecule has 0 aliphatic carbocycles. The van der Waals surface area contributed by atoms with Gasteiger partial charge < -0.3 is 0 Å². The second-order valence-corrected chi connectivity index (χ2v) is 9.06. The lowest BCUT2D eigenvalue weighted by atomic mass is 10.4. The first-order valence-electron chi connectivity index (χ1n) is 6.25. The lowest BCUT2D eigenvalue weighted by Crippen LogP contribution is -2.31. The Hall–Kier alpha value is -0.553. The molecule has 0 heterocycles. The zero-order valence-corrected chi connectivity index (χ0v) is 11.4. The van der Waals surface area contributed by atoms with Gasteiger partial charge in [-0.1, -0.05) is 51.6 Å². The van der Waals surface area contributed by atoms with Crippen LogP contribution < -0.4 is 0 Å². The van der Waals surface area contributed by atoms with Crippen LogP contribution in [0.3, 0.4) is 0 Å². The predicted molar refractivity (Wildman–Crippen MR) is 70.4 cm³/mol. The van der Waals surface area contributed by atoms with E-state index in [1.54, 1.807) is 0 Å². The van der Waals surface area contributed by atoms with Crippen LogP contribution in [-0.4, -0.2) is 8.07 Å². The van der Waals surface area contributed by atoms with E-state index in [1.165, 1.54) is 37.8 Å².